The fourth-order valence-corrected chi connectivity index (χ4v) is 1.61. The average molecular weight is 242 g/mol. The minimum atomic E-state index is -0.786. The molecule has 1 aliphatic carbocycles. The zero-order valence-corrected chi connectivity index (χ0v) is 10.1. The number of carbonyl (C=O) groups excluding carboxylic acids is 2. The molecule has 17 heavy (non-hydrogen) atoms. The lowest BCUT2D eigenvalue weighted by atomic mass is 9.98. The van der Waals surface area contributed by atoms with Gasteiger partial charge in [-0.2, -0.15) is 0 Å². The van der Waals surface area contributed by atoms with Crippen LogP contribution in [0.25, 0.3) is 0 Å². The molecule has 96 valence electrons. The van der Waals surface area contributed by atoms with E-state index in [1.165, 1.54) is 13.3 Å². The highest BCUT2D eigenvalue weighted by Crippen LogP contribution is 2.20. The molecule has 0 atom stereocenters. The summed E-state index contributed by atoms with van der Waals surface area (Å²) in [7, 11) is 0. The molecule has 0 aliphatic heterocycles. The van der Waals surface area contributed by atoms with Crippen LogP contribution in [0.1, 0.15) is 39.0 Å². The number of rotatable bonds is 4. The van der Waals surface area contributed by atoms with Gasteiger partial charge in [-0.05, 0) is 32.6 Å². The molecule has 0 amide bonds. The molecular formula is C12H18O5. The second kappa shape index (κ2) is 6.93. The largest absolute Gasteiger partial charge is 0.511 e. The van der Waals surface area contributed by atoms with Gasteiger partial charge in [0.05, 0.1) is 0 Å². The molecule has 0 saturated heterocycles. The predicted molar refractivity (Wildman–Crippen MR) is 60.2 cm³/mol. The maximum atomic E-state index is 11.2. The van der Waals surface area contributed by atoms with Crippen molar-refractivity contribution >= 4 is 12.1 Å². The van der Waals surface area contributed by atoms with Crippen LogP contribution < -0.4 is 0 Å². The first-order valence-electron chi connectivity index (χ1n) is 5.75. The van der Waals surface area contributed by atoms with E-state index in [0.717, 1.165) is 25.7 Å². The van der Waals surface area contributed by atoms with E-state index < -0.39 is 18.9 Å². The van der Waals surface area contributed by atoms with E-state index in [4.69, 9.17) is 4.74 Å². The van der Waals surface area contributed by atoms with Gasteiger partial charge >= 0.3 is 12.1 Å². The number of hydrogen-bond donors (Lipinski definition) is 0. The lowest BCUT2D eigenvalue weighted by Gasteiger charge is -2.21. The Morgan fingerprint density at radius 2 is 1.82 bits per heavy atom. The van der Waals surface area contributed by atoms with Gasteiger partial charge in [-0.1, -0.05) is 13.0 Å². The zero-order chi connectivity index (χ0) is 12.7. The van der Waals surface area contributed by atoms with E-state index in [2.05, 4.69) is 16.1 Å². The van der Waals surface area contributed by atoms with Crippen molar-refractivity contribution in [3.05, 3.63) is 12.2 Å². The van der Waals surface area contributed by atoms with E-state index in [1.54, 1.807) is 0 Å². The highest BCUT2D eigenvalue weighted by Gasteiger charge is 2.18. The molecule has 0 spiro atoms. The van der Waals surface area contributed by atoms with Crippen LogP contribution in [0, 0.1) is 0 Å². The van der Waals surface area contributed by atoms with Crippen LogP contribution in [-0.4, -0.2) is 25.0 Å². The molecule has 0 aromatic heterocycles. The normalized spacial score (nSPS) is 16.1. The molecule has 1 aliphatic rings. The maximum absolute atomic E-state index is 11.2. The van der Waals surface area contributed by atoms with Gasteiger partial charge in [0.1, 0.15) is 6.10 Å². The van der Waals surface area contributed by atoms with Crippen molar-refractivity contribution in [1.82, 2.24) is 0 Å². The quantitative estimate of drug-likeness (QED) is 0.430. The molecule has 5 heteroatoms. The second-order valence-electron chi connectivity index (χ2n) is 4.10. The Labute approximate surface area is 101 Å². The van der Waals surface area contributed by atoms with Gasteiger partial charge in [0, 0.05) is 5.57 Å². The fraction of sp³-hybridized carbons (Fsp3) is 0.667. The first kappa shape index (κ1) is 13.5. The summed E-state index contributed by atoms with van der Waals surface area (Å²) in [4.78, 5) is 22.2. The third kappa shape index (κ3) is 5.38. The summed E-state index contributed by atoms with van der Waals surface area (Å²) < 4.78 is 14.3. The van der Waals surface area contributed by atoms with Gasteiger partial charge in [0.15, 0.2) is 0 Å². The standard InChI is InChI=1S/C12H18O5/c1-9(2)11(13)15-8-16-12(14)17-10-6-4-3-5-7-10/h10H,1,3-8H2,2H3. The summed E-state index contributed by atoms with van der Waals surface area (Å²) in [6.07, 6.45) is 4.23. The minimum absolute atomic E-state index is 0.0620. The molecule has 0 aromatic rings. The van der Waals surface area contributed by atoms with Crippen molar-refractivity contribution in [1.29, 1.82) is 0 Å². The van der Waals surface area contributed by atoms with Crippen LogP contribution in [0.4, 0.5) is 4.79 Å². The Balaban J connectivity index is 2.12. The predicted octanol–water partition coefficient (Wildman–Crippen LogP) is 2.55. The lowest BCUT2D eigenvalue weighted by molar-refractivity contribution is -0.149. The Morgan fingerprint density at radius 3 is 2.41 bits per heavy atom. The first-order chi connectivity index (χ1) is 8.09. The van der Waals surface area contributed by atoms with Crippen LogP contribution >= 0.6 is 0 Å². The third-order valence-corrected chi connectivity index (χ3v) is 2.53. The van der Waals surface area contributed by atoms with E-state index >= 15 is 0 Å². The monoisotopic (exact) mass is 242 g/mol. The highest BCUT2D eigenvalue weighted by atomic mass is 16.8. The van der Waals surface area contributed by atoms with Gasteiger partial charge < -0.3 is 14.2 Å². The molecule has 0 N–H and O–H groups in total. The van der Waals surface area contributed by atoms with Gasteiger partial charge in [0.2, 0.25) is 6.79 Å². The van der Waals surface area contributed by atoms with Crippen molar-refractivity contribution in [3.8, 4) is 0 Å². The number of hydrogen-bond acceptors (Lipinski definition) is 5. The molecule has 5 nitrogen and oxygen atoms in total. The third-order valence-electron chi connectivity index (χ3n) is 2.53. The molecular weight excluding hydrogens is 224 g/mol. The van der Waals surface area contributed by atoms with Crippen LogP contribution in [0.5, 0.6) is 0 Å². The number of carbonyl (C=O) groups is 2. The number of ether oxygens (including phenoxy) is 3. The molecule has 0 unspecified atom stereocenters. The molecule has 1 fully saturated rings. The second-order valence-corrected chi connectivity index (χ2v) is 4.10. The minimum Gasteiger partial charge on any atom is -0.431 e. The van der Waals surface area contributed by atoms with Crippen LogP contribution in [-0.2, 0) is 19.0 Å². The average Bonchev–Trinajstić information content (AvgIpc) is 2.30. The van der Waals surface area contributed by atoms with Crippen LogP contribution in [0.3, 0.4) is 0 Å². The topological polar surface area (TPSA) is 61.8 Å². The van der Waals surface area contributed by atoms with E-state index in [-0.39, 0.29) is 11.7 Å². The van der Waals surface area contributed by atoms with E-state index in [0.29, 0.717) is 0 Å². The zero-order valence-electron chi connectivity index (χ0n) is 10.1. The molecule has 0 bridgehead atoms. The van der Waals surface area contributed by atoms with Gasteiger partial charge in [-0.15, -0.1) is 0 Å². The summed E-state index contributed by atoms with van der Waals surface area (Å²) in [6.45, 7) is 4.48. The summed E-state index contributed by atoms with van der Waals surface area (Å²) in [5.74, 6) is -0.588. The summed E-state index contributed by atoms with van der Waals surface area (Å²) in [5, 5.41) is 0. The van der Waals surface area contributed by atoms with Crippen molar-refractivity contribution in [3.63, 3.8) is 0 Å². The van der Waals surface area contributed by atoms with Gasteiger partial charge in [0.25, 0.3) is 0 Å². The van der Waals surface area contributed by atoms with Crippen molar-refractivity contribution < 1.29 is 23.8 Å². The summed E-state index contributed by atoms with van der Waals surface area (Å²) in [5.41, 5.74) is 0.259. The summed E-state index contributed by atoms with van der Waals surface area (Å²) in [6, 6.07) is 0. The summed E-state index contributed by atoms with van der Waals surface area (Å²) >= 11 is 0. The van der Waals surface area contributed by atoms with Gasteiger partial charge in [-0.3, -0.25) is 0 Å². The Bertz CT molecular complexity index is 291. The Hall–Kier alpha value is -1.52. The smallest absolute Gasteiger partial charge is 0.431 e. The highest BCUT2D eigenvalue weighted by molar-refractivity contribution is 5.86. The van der Waals surface area contributed by atoms with Crippen molar-refractivity contribution in [2.45, 2.75) is 45.1 Å². The Morgan fingerprint density at radius 1 is 1.18 bits per heavy atom. The Kier molecular flexibility index (Phi) is 5.52. The van der Waals surface area contributed by atoms with Crippen molar-refractivity contribution in [2.75, 3.05) is 6.79 Å². The number of esters is 1. The maximum Gasteiger partial charge on any atom is 0.511 e. The fourth-order valence-electron chi connectivity index (χ4n) is 1.61. The van der Waals surface area contributed by atoms with Gasteiger partial charge in [-0.25, -0.2) is 9.59 Å². The molecule has 0 radical (unpaired) electrons. The molecule has 1 rings (SSSR count). The van der Waals surface area contributed by atoms with Crippen LogP contribution in [0.2, 0.25) is 0 Å². The molecule has 0 aromatic carbocycles. The van der Waals surface area contributed by atoms with E-state index in [1.807, 2.05) is 0 Å². The lowest BCUT2D eigenvalue weighted by Crippen LogP contribution is -2.22. The molecule has 1 saturated carbocycles. The SMILES string of the molecule is C=C(C)C(=O)OCOC(=O)OC1CCCCC1. The first-order valence-corrected chi connectivity index (χ1v) is 5.75. The van der Waals surface area contributed by atoms with Crippen LogP contribution in [0.15, 0.2) is 12.2 Å². The van der Waals surface area contributed by atoms with E-state index in [9.17, 15) is 9.59 Å². The van der Waals surface area contributed by atoms with Crippen molar-refractivity contribution in [2.24, 2.45) is 0 Å². The molecule has 0 heterocycles.